The minimum absolute atomic E-state index is 0.152. The van der Waals surface area contributed by atoms with E-state index in [4.69, 9.17) is 14.2 Å². The molecule has 3 heteroatoms. The van der Waals surface area contributed by atoms with Gasteiger partial charge < -0.3 is 14.2 Å². The van der Waals surface area contributed by atoms with Gasteiger partial charge in [-0.3, -0.25) is 0 Å². The Labute approximate surface area is 85.7 Å². The zero-order valence-corrected chi connectivity index (χ0v) is 9.29. The van der Waals surface area contributed by atoms with Gasteiger partial charge in [-0.1, -0.05) is 13.3 Å². The Morgan fingerprint density at radius 1 is 1.29 bits per heavy atom. The van der Waals surface area contributed by atoms with Crippen LogP contribution in [0.25, 0.3) is 0 Å². The Balaban J connectivity index is 2.03. The highest BCUT2D eigenvalue weighted by Crippen LogP contribution is 2.36. The van der Waals surface area contributed by atoms with Gasteiger partial charge in [0.25, 0.3) is 0 Å². The van der Waals surface area contributed by atoms with Crippen LogP contribution < -0.4 is 0 Å². The molecule has 82 valence electrons. The summed E-state index contributed by atoms with van der Waals surface area (Å²) in [7, 11) is 0. The first kappa shape index (κ1) is 10.4. The first-order chi connectivity index (χ1) is 6.62. The van der Waals surface area contributed by atoms with Crippen molar-refractivity contribution in [3.05, 3.63) is 0 Å². The van der Waals surface area contributed by atoms with Crippen LogP contribution in [-0.4, -0.2) is 30.7 Å². The molecular formula is C11H20O3. The SMILES string of the molecule is CCCC1OCCC2OC(C)(C)OC12. The maximum absolute atomic E-state index is 5.87. The molecule has 14 heavy (non-hydrogen) atoms. The summed E-state index contributed by atoms with van der Waals surface area (Å²) >= 11 is 0. The molecule has 0 aliphatic carbocycles. The Kier molecular flexibility index (Phi) is 2.82. The second-order valence-electron chi connectivity index (χ2n) is 4.63. The Hall–Kier alpha value is -0.120. The molecule has 0 bridgehead atoms. The van der Waals surface area contributed by atoms with Gasteiger partial charge in [0.15, 0.2) is 5.79 Å². The first-order valence-corrected chi connectivity index (χ1v) is 5.59. The van der Waals surface area contributed by atoms with Crippen LogP contribution in [0, 0.1) is 0 Å². The molecule has 0 aromatic rings. The van der Waals surface area contributed by atoms with E-state index in [0.717, 1.165) is 25.9 Å². The van der Waals surface area contributed by atoms with Gasteiger partial charge in [0.2, 0.25) is 0 Å². The number of hydrogen-bond acceptors (Lipinski definition) is 3. The molecular weight excluding hydrogens is 180 g/mol. The summed E-state index contributed by atoms with van der Waals surface area (Å²) in [5.74, 6) is -0.422. The highest BCUT2D eigenvalue weighted by Gasteiger charge is 2.47. The third-order valence-corrected chi connectivity index (χ3v) is 2.90. The molecule has 0 aromatic heterocycles. The zero-order valence-electron chi connectivity index (χ0n) is 9.29. The molecule has 3 nitrogen and oxygen atoms in total. The monoisotopic (exact) mass is 200 g/mol. The normalized spacial score (nSPS) is 40.9. The fourth-order valence-corrected chi connectivity index (χ4v) is 2.36. The molecule has 2 heterocycles. The van der Waals surface area contributed by atoms with Crippen LogP contribution in [0.15, 0.2) is 0 Å². The predicted octanol–water partition coefficient (Wildman–Crippen LogP) is 2.10. The quantitative estimate of drug-likeness (QED) is 0.683. The highest BCUT2D eigenvalue weighted by molar-refractivity contribution is 4.89. The van der Waals surface area contributed by atoms with Crippen molar-refractivity contribution in [2.24, 2.45) is 0 Å². The number of fused-ring (bicyclic) bond motifs is 1. The van der Waals surface area contributed by atoms with Gasteiger partial charge in [0.1, 0.15) is 6.10 Å². The molecule has 2 aliphatic heterocycles. The van der Waals surface area contributed by atoms with Crippen molar-refractivity contribution in [3.63, 3.8) is 0 Å². The van der Waals surface area contributed by atoms with E-state index < -0.39 is 5.79 Å². The molecule has 2 saturated heterocycles. The summed E-state index contributed by atoms with van der Waals surface area (Å²) in [5.41, 5.74) is 0. The van der Waals surface area contributed by atoms with Gasteiger partial charge in [-0.15, -0.1) is 0 Å². The van der Waals surface area contributed by atoms with Gasteiger partial charge in [-0.05, 0) is 26.7 Å². The van der Waals surface area contributed by atoms with E-state index in [9.17, 15) is 0 Å². The lowest BCUT2D eigenvalue weighted by Crippen LogP contribution is -2.42. The summed E-state index contributed by atoms with van der Waals surface area (Å²) < 4.78 is 17.4. The number of hydrogen-bond donors (Lipinski definition) is 0. The van der Waals surface area contributed by atoms with Crippen molar-refractivity contribution >= 4 is 0 Å². The van der Waals surface area contributed by atoms with Crippen molar-refractivity contribution in [3.8, 4) is 0 Å². The Morgan fingerprint density at radius 2 is 2.07 bits per heavy atom. The van der Waals surface area contributed by atoms with E-state index >= 15 is 0 Å². The molecule has 3 unspecified atom stereocenters. The molecule has 0 radical (unpaired) electrons. The van der Waals surface area contributed by atoms with E-state index in [1.807, 2.05) is 13.8 Å². The summed E-state index contributed by atoms with van der Waals surface area (Å²) in [6, 6.07) is 0. The summed E-state index contributed by atoms with van der Waals surface area (Å²) in [6.45, 7) is 6.95. The number of ether oxygens (including phenoxy) is 3. The predicted molar refractivity (Wildman–Crippen MR) is 53.1 cm³/mol. The molecule has 2 rings (SSSR count). The lowest BCUT2D eigenvalue weighted by Gasteiger charge is -2.31. The fourth-order valence-electron chi connectivity index (χ4n) is 2.36. The second kappa shape index (κ2) is 3.80. The van der Waals surface area contributed by atoms with Gasteiger partial charge in [-0.2, -0.15) is 0 Å². The molecule has 0 spiro atoms. The number of rotatable bonds is 2. The molecule has 3 atom stereocenters. The smallest absolute Gasteiger partial charge is 0.163 e. The highest BCUT2D eigenvalue weighted by atomic mass is 16.8. The Morgan fingerprint density at radius 3 is 2.79 bits per heavy atom. The van der Waals surface area contributed by atoms with Gasteiger partial charge in [-0.25, -0.2) is 0 Å². The van der Waals surface area contributed by atoms with Crippen LogP contribution in [0.3, 0.4) is 0 Å². The molecule has 2 fully saturated rings. The minimum Gasteiger partial charge on any atom is -0.375 e. The topological polar surface area (TPSA) is 27.7 Å². The van der Waals surface area contributed by atoms with Crippen LogP contribution in [0.4, 0.5) is 0 Å². The third-order valence-electron chi connectivity index (χ3n) is 2.90. The molecule has 0 amide bonds. The van der Waals surface area contributed by atoms with E-state index in [2.05, 4.69) is 6.92 Å². The van der Waals surface area contributed by atoms with E-state index in [1.165, 1.54) is 0 Å². The van der Waals surface area contributed by atoms with Crippen LogP contribution >= 0.6 is 0 Å². The van der Waals surface area contributed by atoms with Crippen molar-refractivity contribution in [2.75, 3.05) is 6.61 Å². The van der Waals surface area contributed by atoms with Crippen LogP contribution in [0.5, 0.6) is 0 Å². The Bertz CT molecular complexity index is 201. The third kappa shape index (κ3) is 1.95. The average Bonchev–Trinajstić information content (AvgIpc) is 2.41. The second-order valence-corrected chi connectivity index (χ2v) is 4.63. The largest absolute Gasteiger partial charge is 0.375 e. The minimum atomic E-state index is -0.422. The molecule has 2 aliphatic rings. The average molecular weight is 200 g/mol. The van der Waals surface area contributed by atoms with Crippen molar-refractivity contribution in [1.82, 2.24) is 0 Å². The lowest BCUT2D eigenvalue weighted by molar-refractivity contribution is -0.154. The summed E-state index contributed by atoms with van der Waals surface area (Å²) in [6.07, 6.45) is 3.81. The van der Waals surface area contributed by atoms with E-state index in [0.29, 0.717) is 0 Å². The fraction of sp³-hybridized carbons (Fsp3) is 1.00. The van der Waals surface area contributed by atoms with Gasteiger partial charge in [0, 0.05) is 6.61 Å². The zero-order chi connectivity index (χ0) is 10.2. The standard InChI is InChI=1S/C11H20O3/c1-4-5-8-10-9(6-7-12-8)13-11(2,3)14-10/h8-10H,4-7H2,1-3H3. The summed E-state index contributed by atoms with van der Waals surface area (Å²) in [4.78, 5) is 0. The molecule has 0 aromatic carbocycles. The summed E-state index contributed by atoms with van der Waals surface area (Å²) in [5, 5.41) is 0. The van der Waals surface area contributed by atoms with Gasteiger partial charge in [0.05, 0.1) is 12.2 Å². The van der Waals surface area contributed by atoms with Crippen LogP contribution in [-0.2, 0) is 14.2 Å². The maximum Gasteiger partial charge on any atom is 0.163 e. The molecule has 0 saturated carbocycles. The lowest BCUT2D eigenvalue weighted by atomic mass is 9.99. The maximum atomic E-state index is 5.87. The van der Waals surface area contributed by atoms with Crippen LogP contribution in [0.1, 0.15) is 40.0 Å². The van der Waals surface area contributed by atoms with Gasteiger partial charge >= 0.3 is 0 Å². The molecule has 0 N–H and O–H groups in total. The van der Waals surface area contributed by atoms with Crippen molar-refractivity contribution in [1.29, 1.82) is 0 Å². The first-order valence-electron chi connectivity index (χ1n) is 5.59. The van der Waals surface area contributed by atoms with Crippen molar-refractivity contribution < 1.29 is 14.2 Å². The van der Waals surface area contributed by atoms with E-state index in [-0.39, 0.29) is 18.3 Å². The van der Waals surface area contributed by atoms with Crippen molar-refractivity contribution in [2.45, 2.75) is 64.1 Å². The van der Waals surface area contributed by atoms with E-state index in [1.54, 1.807) is 0 Å². The van der Waals surface area contributed by atoms with Crippen LogP contribution in [0.2, 0.25) is 0 Å².